The Balaban J connectivity index is 1.39. The van der Waals surface area contributed by atoms with Gasteiger partial charge in [-0.15, -0.1) is 0 Å². The predicted molar refractivity (Wildman–Crippen MR) is 117 cm³/mol. The molecule has 2 saturated heterocycles. The van der Waals surface area contributed by atoms with Crippen molar-refractivity contribution < 1.29 is 4.79 Å². The van der Waals surface area contributed by atoms with Gasteiger partial charge in [0.05, 0.1) is 5.92 Å². The van der Waals surface area contributed by atoms with Crippen LogP contribution >= 0.6 is 11.8 Å². The van der Waals surface area contributed by atoms with Gasteiger partial charge in [-0.25, -0.2) is 0 Å². The summed E-state index contributed by atoms with van der Waals surface area (Å²) in [5, 5.41) is 3.80. The van der Waals surface area contributed by atoms with Crippen LogP contribution in [0.5, 0.6) is 0 Å². The van der Waals surface area contributed by atoms with E-state index in [9.17, 15) is 4.79 Å². The van der Waals surface area contributed by atoms with Crippen LogP contribution in [0.25, 0.3) is 0 Å². The molecule has 0 bridgehead atoms. The molecule has 1 N–H and O–H groups in total. The average Bonchev–Trinajstić information content (AvgIpc) is 2.72. The minimum Gasteiger partial charge on any atom is -0.355 e. The fraction of sp³-hybridized carbons (Fsp3) is 0.727. The van der Waals surface area contributed by atoms with E-state index in [2.05, 4.69) is 40.0 Å². The van der Waals surface area contributed by atoms with Gasteiger partial charge >= 0.3 is 0 Å². The summed E-state index contributed by atoms with van der Waals surface area (Å²) in [7, 11) is 0. The Kier molecular flexibility index (Phi) is 8.62. The summed E-state index contributed by atoms with van der Waals surface area (Å²) < 4.78 is 0. The predicted octanol–water partition coefficient (Wildman–Crippen LogP) is 3.02. The van der Waals surface area contributed by atoms with E-state index >= 15 is 0 Å². The van der Waals surface area contributed by atoms with Crippen molar-refractivity contribution in [3.05, 3.63) is 30.1 Å². The van der Waals surface area contributed by atoms with Crippen molar-refractivity contribution in [1.82, 2.24) is 20.1 Å². The van der Waals surface area contributed by atoms with E-state index in [-0.39, 0.29) is 11.8 Å². The molecule has 0 unspecified atom stereocenters. The molecule has 1 aromatic heterocycles. The first-order chi connectivity index (χ1) is 13.6. The number of piperidine rings is 2. The number of pyridine rings is 1. The number of nitrogens with zero attached hydrogens (tertiary/aromatic N) is 3. The molecule has 0 aliphatic carbocycles. The van der Waals surface area contributed by atoms with Crippen molar-refractivity contribution in [2.75, 3.05) is 38.5 Å². The zero-order valence-corrected chi connectivity index (χ0v) is 18.3. The molecule has 2 aliphatic rings. The fourth-order valence-electron chi connectivity index (χ4n) is 4.36. The highest BCUT2D eigenvalue weighted by Gasteiger charge is 2.31. The summed E-state index contributed by atoms with van der Waals surface area (Å²) in [6.45, 7) is 10.6. The summed E-state index contributed by atoms with van der Waals surface area (Å²) in [6.07, 6.45) is 8.41. The highest BCUT2D eigenvalue weighted by Crippen LogP contribution is 2.24. The normalized spacial score (nSPS) is 22.5. The first-order valence-electron chi connectivity index (χ1n) is 10.9. The number of rotatable bonds is 8. The van der Waals surface area contributed by atoms with Gasteiger partial charge in [-0.3, -0.25) is 19.6 Å². The highest BCUT2D eigenvalue weighted by atomic mass is 32.2. The molecule has 3 heterocycles. The molecule has 1 amide bonds. The van der Waals surface area contributed by atoms with Crippen molar-refractivity contribution in [2.24, 2.45) is 5.92 Å². The standard InChI is InChI=1S/C22H36N4OS/c1-18(2)28-14-10-24-22(27)20-6-4-11-26(17-20)21-7-12-25(13-8-21)16-19-5-3-9-23-15-19/h3,5,9,15,18,20-21H,4,6-8,10-14,16-17H2,1-2H3,(H,24,27)/t20-/m0/s1. The third kappa shape index (κ3) is 6.75. The Morgan fingerprint density at radius 1 is 1.29 bits per heavy atom. The number of thioether (sulfide) groups is 1. The summed E-state index contributed by atoms with van der Waals surface area (Å²) in [4.78, 5) is 21.9. The summed E-state index contributed by atoms with van der Waals surface area (Å²) in [5.74, 6) is 1.45. The van der Waals surface area contributed by atoms with Gasteiger partial charge in [0.25, 0.3) is 0 Å². The smallest absolute Gasteiger partial charge is 0.224 e. The van der Waals surface area contributed by atoms with Gasteiger partial charge in [-0.1, -0.05) is 19.9 Å². The summed E-state index contributed by atoms with van der Waals surface area (Å²) in [5.41, 5.74) is 1.30. The number of carbonyl (C=O) groups excluding carboxylic acids is 1. The lowest BCUT2D eigenvalue weighted by atomic mass is 9.93. The van der Waals surface area contributed by atoms with Gasteiger partial charge in [0.1, 0.15) is 0 Å². The quantitative estimate of drug-likeness (QED) is 0.675. The third-order valence-electron chi connectivity index (χ3n) is 5.88. The molecule has 0 saturated carbocycles. The largest absolute Gasteiger partial charge is 0.355 e. The molecular formula is C22H36N4OS. The van der Waals surface area contributed by atoms with Crippen molar-refractivity contribution in [3.8, 4) is 0 Å². The van der Waals surface area contributed by atoms with Crippen LogP contribution in [-0.2, 0) is 11.3 Å². The Labute approximate surface area is 174 Å². The first-order valence-corrected chi connectivity index (χ1v) is 11.9. The van der Waals surface area contributed by atoms with Crippen LogP contribution in [0.4, 0.5) is 0 Å². The lowest BCUT2D eigenvalue weighted by molar-refractivity contribution is -0.127. The Morgan fingerprint density at radius 3 is 2.82 bits per heavy atom. The van der Waals surface area contributed by atoms with Crippen molar-refractivity contribution in [3.63, 3.8) is 0 Å². The molecular weight excluding hydrogens is 368 g/mol. The molecule has 2 fully saturated rings. The molecule has 28 heavy (non-hydrogen) atoms. The minimum absolute atomic E-state index is 0.172. The topological polar surface area (TPSA) is 48.5 Å². The molecule has 156 valence electrons. The molecule has 5 nitrogen and oxygen atoms in total. The summed E-state index contributed by atoms with van der Waals surface area (Å²) in [6, 6.07) is 4.81. The second-order valence-electron chi connectivity index (χ2n) is 8.41. The van der Waals surface area contributed by atoms with Crippen LogP contribution in [0.3, 0.4) is 0 Å². The molecule has 2 aliphatic heterocycles. The third-order valence-corrected chi connectivity index (χ3v) is 6.99. The highest BCUT2D eigenvalue weighted by molar-refractivity contribution is 7.99. The van der Waals surface area contributed by atoms with E-state index < -0.39 is 0 Å². The number of aromatic nitrogens is 1. The maximum atomic E-state index is 12.6. The molecule has 1 aromatic rings. The second-order valence-corrected chi connectivity index (χ2v) is 10.1. The zero-order valence-electron chi connectivity index (χ0n) is 17.5. The number of hydrogen-bond donors (Lipinski definition) is 1. The van der Waals surface area contributed by atoms with E-state index in [4.69, 9.17) is 0 Å². The molecule has 0 spiro atoms. The van der Waals surface area contributed by atoms with Crippen LogP contribution in [-0.4, -0.2) is 70.5 Å². The lowest BCUT2D eigenvalue weighted by Crippen LogP contribution is -2.50. The molecule has 3 rings (SSSR count). The van der Waals surface area contributed by atoms with Crippen LogP contribution in [0.15, 0.2) is 24.5 Å². The van der Waals surface area contributed by atoms with Crippen LogP contribution in [0, 0.1) is 5.92 Å². The van der Waals surface area contributed by atoms with Crippen LogP contribution in [0.1, 0.15) is 45.1 Å². The van der Waals surface area contributed by atoms with Crippen molar-refractivity contribution in [1.29, 1.82) is 0 Å². The van der Waals surface area contributed by atoms with E-state index in [0.717, 1.165) is 57.9 Å². The first kappa shape index (κ1) is 21.6. The Hall–Kier alpha value is -1.11. The van der Waals surface area contributed by atoms with E-state index in [1.807, 2.05) is 30.2 Å². The van der Waals surface area contributed by atoms with Gasteiger partial charge in [0, 0.05) is 43.8 Å². The van der Waals surface area contributed by atoms with Gasteiger partial charge in [-0.2, -0.15) is 11.8 Å². The van der Waals surface area contributed by atoms with Crippen molar-refractivity contribution >= 4 is 17.7 Å². The average molecular weight is 405 g/mol. The van der Waals surface area contributed by atoms with Gasteiger partial charge in [-0.05, 0) is 62.2 Å². The number of amides is 1. The number of likely N-dealkylation sites (tertiary alicyclic amines) is 2. The molecule has 1 atom stereocenters. The van der Waals surface area contributed by atoms with E-state index in [1.54, 1.807) is 0 Å². The summed E-state index contributed by atoms with van der Waals surface area (Å²) >= 11 is 1.91. The van der Waals surface area contributed by atoms with Crippen molar-refractivity contribution in [2.45, 2.75) is 57.4 Å². The Bertz CT molecular complexity index is 589. The van der Waals surface area contributed by atoms with Crippen LogP contribution < -0.4 is 5.32 Å². The maximum absolute atomic E-state index is 12.6. The minimum atomic E-state index is 0.172. The van der Waals surface area contributed by atoms with Crippen LogP contribution in [0.2, 0.25) is 0 Å². The molecule has 0 aromatic carbocycles. The SMILES string of the molecule is CC(C)SCCNC(=O)[C@H]1CCCN(C2CCN(Cc3cccnc3)CC2)C1. The lowest BCUT2D eigenvalue weighted by Gasteiger charge is -2.42. The zero-order chi connectivity index (χ0) is 19.8. The Morgan fingerprint density at radius 2 is 2.11 bits per heavy atom. The van der Waals surface area contributed by atoms with Gasteiger partial charge < -0.3 is 5.32 Å². The molecule has 6 heteroatoms. The fourth-order valence-corrected chi connectivity index (χ4v) is 5.05. The second kappa shape index (κ2) is 11.2. The maximum Gasteiger partial charge on any atom is 0.224 e. The number of nitrogens with one attached hydrogen (secondary N) is 1. The molecule has 0 radical (unpaired) electrons. The number of carbonyl (C=O) groups is 1. The van der Waals surface area contributed by atoms with E-state index in [1.165, 1.54) is 18.4 Å². The van der Waals surface area contributed by atoms with Gasteiger partial charge in [0.15, 0.2) is 0 Å². The monoisotopic (exact) mass is 404 g/mol. The van der Waals surface area contributed by atoms with E-state index in [0.29, 0.717) is 11.3 Å². The van der Waals surface area contributed by atoms with Gasteiger partial charge in [0.2, 0.25) is 5.91 Å². The number of hydrogen-bond acceptors (Lipinski definition) is 5.